The summed E-state index contributed by atoms with van der Waals surface area (Å²) >= 11 is 0. The molecule has 1 aromatic carbocycles. The van der Waals surface area contributed by atoms with Crippen LogP contribution in [0.3, 0.4) is 0 Å². The maximum atomic E-state index is 12.8. The van der Waals surface area contributed by atoms with Crippen LogP contribution in [0.15, 0.2) is 12.1 Å². The van der Waals surface area contributed by atoms with Crippen molar-refractivity contribution in [3.63, 3.8) is 0 Å². The number of piperazine rings is 1. The molecule has 31 heavy (non-hydrogen) atoms. The number of carbonyl (C=O) groups is 2. The quantitative estimate of drug-likeness (QED) is 0.696. The predicted octanol–water partition coefficient (Wildman–Crippen LogP) is 1.11. The van der Waals surface area contributed by atoms with E-state index < -0.39 is 0 Å². The van der Waals surface area contributed by atoms with Crippen molar-refractivity contribution in [1.82, 2.24) is 20.0 Å². The number of rotatable bonds is 7. The smallest absolute Gasteiger partial charge is 0.236 e. The van der Waals surface area contributed by atoms with Crippen LogP contribution >= 0.6 is 0 Å². The van der Waals surface area contributed by atoms with Gasteiger partial charge in [-0.15, -0.1) is 0 Å². The van der Waals surface area contributed by atoms with Crippen LogP contribution < -0.4 is 14.8 Å². The van der Waals surface area contributed by atoms with E-state index in [0.29, 0.717) is 6.54 Å². The molecule has 2 saturated heterocycles. The molecular formula is C23H36N4O4. The zero-order valence-electron chi connectivity index (χ0n) is 19.3. The Labute approximate surface area is 185 Å². The lowest BCUT2D eigenvalue weighted by molar-refractivity contribution is -0.134. The zero-order valence-corrected chi connectivity index (χ0v) is 19.3. The predicted molar refractivity (Wildman–Crippen MR) is 119 cm³/mol. The molecule has 0 saturated carbocycles. The fraction of sp³-hybridized carbons (Fsp3) is 0.652. The third kappa shape index (κ3) is 5.89. The molecule has 1 N–H and O–H groups in total. The highest BCUT2D eigenvalue weighted by molar-refractivity contribution is 5.79. The first-order chi connectivity index (χ1) is 14.9. The Bertz CT molecular complexity index is 769. The Balaban J connectivity index is 1.46. The van der Waals surface area contributed by atoms with E-state index >= 15 is 0 Å². The van der Waals surface area contributed by atoms with E-state index in [0.717, 1.165) is 70.2 Å². The summed E-state index contributed by atoms with van der Waals surface area (Å²) in [6.07, 6.45) is 1.65. The van der Waals surface area contributed by atoms with E-state index in [9.17, 15) is 9.59 Å². The molecule has 8 heteroatoms. The Hall–Kier alpha value is -2.32. The van der Waals surface area contributed by atoms with Crippen LogP contribution in [0, 0.1) is 12.8 Å². The molecule has 8 nitrogen and oxygen atoms in total. The van der Waals surface area contributed by atoms with E-state index in [1.165, 1.54) is 11.1 Å². The van der Waals surface area contributed by atoms with Gasteiger partial charge in [-0.25, -0.2) is 0 Å². The first kappa shape index (κ1) is 23.3. The summed E-state index contributed by atoms with van der Waals surface area (Å²) in [6, 6.07) is 4.06. The number of nitrogens with zero attached hydrogens (tertiary/aromatic N) is 3. The van der Waals surface area contributed by atoms with Gasteiger partial charge in [0.05, 0.1) is 20.8 Å². The largest absolute Gasteiger partial charge is 0.493 e. The Morgan fingerprint density at radius 3 is 2.16 bits per heavy atom. The minimum atomic E-state index is 0.0833. The van der Waals surface area contributed by atoms with Gasteiger partial charge in [0.25, 0.3) is 0 Å². The number of piperidine rings is 1. The first-order valence-electron chi connectivity index (χ1n) is 11.1. The van der Waals surface area contributed by atoms with Gasteiger partial charge in [-0.3, -0.25) is 19.4 Å². The molecule has 0 aromatic heterocycles. The van der Waals surface area contributed by atoms with Gasteiger partial charge in [0.1, 0.15) is 0 Å². The van der Waals surface area contributed by atoms with Crippen molar-refractivity contribution in [3.8, 4) is 11.5 Å². The molecule has 0 bridgehead atoms. The normalized spacial score (nSPS) is 18.6. The standard InChI is InChI=1S/C23H36N4O4/c1-17-13-20(30-3)21(31-4)14-19(17)15-26-9-11-27(12-10-26)22(28)16-25-7-5-18(6-8-25)23(29)24-2/h13-14,18H,5-12,15-16H2,1-4H3,(H,24,29). The second-order valence-electron chi connectivity index (χ2n) is 8.46. The van der Waals surface area contributed by atoms with E-state index in [1.807, 2.05) is 17.0 Å². The zero-order chi connectivity index (χ0) is 22.4. The summed E-state index contributed by atoms with van der Waals surface area (Å²) in [6.45, 7) is 8.21. The molecule has 2 heterocycles. The summed E-state index contributed by atoms with van der Waals surface area (Å²) in [7, 11) is 4.99. The third-order valence-corrected chi connectivity index (χ3v) is 6.52. The molecule has 2 amide bonds. The average Bonchev–Trinajstić information content (AvgIpc) is 2.80. The Morgan fingerprint density at radius 2 is 1.58 bits per heavy atom. The summed E-state index contributed by atoms with van der Waals surface area (Å²) in [5.41, 5.74) is 2.40. The lowest BCUT2D eigenvalue weighted by Crippen LogP contribution is -2.51. The van der Waals surface area contributed by atoms with Crippen LogP contribution in [0.1, 0.15) is 24.0 Å². The number of hydrogen-bond acceptors (Lipinski definition) is 6. The summed E-state index contributed by atoms with van der Waals surface area (Å²) < 4.78 is 10.8. The molecule has 1 aromatic rings. The number of ether oxygens (including phenoxy) is 2. The van der Waals surface area contributed by atoms with Crippen molar-refractivity contribution in [1.29, 1.82) is 0 Å². The summed E-state index contributed by atoms with van der Waals surface area (Å²) in [5.74, 6) is 1.89. The second-order valence-corrected chi connectivity index (χ2v) is 8.46. The highest BCUT2D eigenvalue weighted by Gasteiger charge is 2.27. The van der Waals surface area contributed by atoms with E-state index in [1.54, 1.807) is 21.3 Å². The number of hydrogen-bond donors (Lipinski definition) is 1. The highest BCUT2D eigenvalue weighted by atomic mass is 16.5. The highest BCUT2D eigenvalue weighted by Crippen LogP contribution is 2.31. The first-order valence-corrected chi connectivity index (χ1v) is 11.1. The summed E-state index contributed by atoms with van der Waals surface area (Å²) in [4.78, 5) is 31.1. The van der Waals surface area contributed by atoms with Crippen LogP contribution in [-0.2, 0) is 16.1 Å². The maximum absolute atomic E-state index is 12.8. The van der Waals surface area contributed by atoms with E-state index in [4.69, 9.17) is 9.47 Å². The molecule has 0 atom stereocenters. The van der Waals surface area contributed by atoms with Crippen LogP contribution in [0.2, 0.25) is 0 Å². The van der Waals surface area contributed by atoms with Gasteiger partial charge in [0, 0.05) is 45.7 Å². The molecule has 3 rings (SSSR count). The second kappa shape index (κ2) is 10.8. The van der Waals surface area contributed by atoms with Crippen molar-refractivity contribution in [3.05, 3.63) is 23.3 Å². The topological polar surface area (TPSA) is 74.4 Å². The number of methoxy groups -OCH3 is 2. The van der Waals surface area contributed by atoms with Gasteiger partial charge in [-0.05, 0) is 56.1 Å². The van der Waals surface area contributed by atoms with Crippen LogP contribution in [0.4, 0.5) is 0 Å². The van der Waals surface area contributed by atoms with Crippen molar-refractivity contribution in [2.45, 2.75) is 26.3 Å². The molecule has 172 valence electrons. The SMILES string of the molecule is CNC(=O)C1CCN(CC(=O)N2CCN(Cc3cc(OC)c(OC)cc3C)CC2)CC1. The number of likely N-dealkylation sites (tertiary alicyclic amines) is 1. The fourth-order valence-electron chi connectivity index (χ4n) is 4.44. The molecule has 0 unspecified atom stereocenters. The Morgan fingerprint density at radius 1 is 0.968 bits per heavy atom. The molecule has 0 aliphatic carbocycles. The van der Waals surface area contributed by atoms with E-state index in [2.05, 4.69) is 22.0 Å². The van der Waals surface area contributed by atoms with Gasteiger partial charge < -0.3 is 19.7 Å². The number of nitrogens with one attached hydrogen (secondary N) is 1. The van der Waals surface area contributed by atoms with E-state index in [-0.39, 0.29) is 17.7 Å². The molecule has 2 aliphatic heterocycles. The maximum Gasteiger partial charge on any atom is 0.236 e. The summed E-state index contributed by atoms with van der Waals surface area (Å²) in [5, 5.41) is 2.73. The van der Waals surface area contributed by atoms with Crippen molar-refractivity contribution < 1.29 is 19.1 Å². The van der Waals surface area contributed by atoms with Gasteiger partial charge >= 0.3 is 0 Å². The fourth-order valence-corrected chi connectivity index (χ4v) is 4.44. The lowest BCUT2D eigenvalue weighted by Gasteiger charge is -2.37. The van der Waals surface area contributed by atoms with Crippen molar-refractivity contribution in [2.75, 3.05) is 67.1 Å². The minimum Gasteiger partial charge on any atom is -0.493 e. The Kier molecular flexibility index (Phi) is 8.15. The average molecular weight is 433 g/mol. The molecule has 0 radical (unpaired) electrons. The monoisotopic (exact) mass is 432 g/mol. The van der Waals surface area contributed by atoms with Crippen molar-refractivity contribution >= 4 is 11.8 Å². The van der Waals surface area contributed by atoms with Crippen LogP contribution in [0.5, 0.6) is 11.5 Å². The van der Waals surface area contributed by atoms with Crippen LogP contribution in [0.25, 0.3) is 0 Å². The number of benzene rings is 1. The molecule has 2 aliphatic rings. The third-order valence-electron chi connectivity index (χ3n) is 6.52. The minimum absolute atomic E-state index is 0.0833. The van der Waals surface area contributed by atoms with Gasteiger partial charge in [-0.2, -0.15) is 0 Å². The molecular weight excluding hydrogens is 396 g/mol. The molecule has 2 fully saturated rings. The van der Waals surface area contributed by atoms with Gasteiger partial charge in [0.2, 0.25) is 11.8 Å². The number of aryl methyl sites for hydroxylation is 1. The number of carbonyl (C=O) groups excluding carboxylic acids is 2. The van der Waals surface area contributed by atoms with Gasteiger partial charge in [0.15, 0.2) is 11.5 Å². The molecule has 0 spiro atoms. The van der Waals surface area contributed by atoms with Crippen molar-refractivity contribution in [2.24, 2.45) is 5.92 Å². The van der Waals surface area contributed by atoms with Crippen LogP contribution in [-0.4, -0.2) is 93.6 Å². The number of amides is 2. The van der Waals surface area contributed by atoms with Gasteiger partial charge in [-0.1, -0.05) is 0 Å². The lowest BCUT2D eigenvalue weighted by atomic mass is 9.96.